The number of hydrogen-bond donors (Lipinski definition) is 1. The molecule has 1 aromatic rings. The smallest absolute Gasteiger partial charge is 0.155 e. The third-order valence-corrected chi connectivity index (χ3v) is 3.70. The van der Waals surface area contributed by atoms with Crippen LogP contribution >= 0.6 is 11.6 Å². The van der Waals surface area contributed by atoms with Crippen molar-refractivity contribution in [3.05, 3.63) is 27.9 Å². The van der Waals surface area contributed by atoms with Gasteiger partial charge in [0.15, 0.2) is 11.0 Å². The fraction of sp³-hybridized carbons (Fsp3) is 0.538. The van der Waals surface area contributed by atoms with E-state index in [1.807, 2.05) is 13.8 Å². The Morgan fingerprint density at radius 3 is 2.82 bits per heavy atom. The largest absolute Gasteiger partial charge is 0.368 e. The van der Waals surface area contributed by atoms with Crippen LogP contribution in [0.15, 0.2) is 11.6 Å². The van der Waals surface area contributed by atoms with Crippen molar-refractivity contribution < 1.29 is 0 Å². The standard InChI is InChI=1S/C13H18ClN3/c1-9-10(2)13(17-16-12(9)14)15-8-7-11-5-3-4-6-11/h5H,3-4,6-8H2,1-2H3,(H,15,17). The lowest BCUT2D eigenvalue weighted by Gasteiger charge is -2.10. The maximum atomic E-state index is 5.91. The minimum absolute atomic E-state index is 0.492. The molecule has 1 aliphatic carbocycles. The first-order chi connectivity index (χ1) is 8.18. The Labute approximate surface area is 107 Å². The zero-order chi connectivity index (χ0) is 12.3. The highest BCUT2D eigenvalue weighted by Gasteiger charge is 2.08. The van der Waals surface area contributed by atoms with Gasteiger partial charge in [0.2, 0.25) is 0 Å². The van der Waals surface area contributed by atoms with Crippen LogP contribution in [0.2, 0.25) is 5.15 Å². The molecule has 92 valence electrons. The lowest BCUT2D eigenvalue weighted by molar-refractivity contribution is 0.858. The molecule has 0 aliphatic heterocycles. The summed E-state index contributed by atoms with van der Waals surface area (Å²) in [5.41, 5.74) is 3.66. The molecule has 0 saturated carbocycles. The fourth-order valence-corrected chi connectivity index (χ4v) is 2.23. The van der Waals surface area contributed by atoms with Crippen LogP contribution in [0.3, 0.4) is 0 Å². The van der Waals surface area contributed by atoms with Crippen LogP contribution in [0.1, 0.15) is 36.8 Å². The van der Waals surface area contributed by atoms with Gasteiger partial charge in [-0.2, -0.15) is 0 Å². The Morgan fingerprint density at radius 1 is 1.29 bits per heavy atom. The van der Waals surface area contributed by atoms with Crippen molar-refractivity contribution in [3.63, 3.8) is 0 Å². The van der Waals surface area contributed by atoms with Crippen LogP contribution in [0.25, 0.3) is 0 Å². The summed E-state index contributed by atoms with van der Waals surface area (Å²) in [7, 11) is 0. The number of nitrogens with one attached hydrogen (secondary N) is 1. The Kier molecular flexibility index (Phi) is 4.00. The van der Waals surface area contributed by atoms with Crippen molar-refractivity contribution in [1.82, 2.24) is 10.2 Å². The van der Waals surface area contributed by atoms with E-state index >= 15 is 0 Å². The van der Waals surface area contributed by atoms with E-state index in [2.05, 4.69) is 21.6 Å². The zero-order valence-electron chi connectivity index (χ0n) is 10.4. The second-order valence-electron chi connectivity index (χ2n) is 4.52. The second kappa shape index (κ2) is 5.50. The van der Waals surface area contributed by atoms with E-state index in [1.54, 1.807) is 5.57 Å². The number of halogens is 1. The Hall–Kier alpha value is -1.09. The first kappa shape index (κ1) is 12.4. The Bertz CT molecular complexity index is 441. The summed E-state index contributed by atoms with van der Waals surface area (Å²) in [5, 5.41) is 11.8. The minimum Gasteiger partial charge on any atom is -0.368 e. The molecule has 1 heterocycles. The van der Waals surface area contributed by atoms with Crippen LogP contribution in [-0.4, -0.2) is 16.7 Å². The number of rotatable bonds is 4. The van der Waals surface area contributed by atoms with Crippen LogP contribution in [0, 0.1) is 13.8 Å². The van der Waals surface area contributed by atoms with Gasteiger partial charge in [-0.3, -0.25) is 0 Å². The molecule has 0 amide bonds. The molecule has 0 fully saturated rings. The summed E-state index contributed by atoms with van der Waals surface area (Å²) in [5.74, 6) is 0.852. The Morgan fingerprint density at radius 2 is 2.12 bits per heavy atom. The molecule has 4 heteroatoms. The summed E-state index contributed by atoms with van der Waals surface area (Å²) >= 11 is 5.91. The third kappa shape index (κ3) is 2.97. The van der Waals surface area contributed by atoms with Gasteiger partial charge in [-0.05, 0) is 50.7 Å². The molecule has 0 saturated heterocycles. The first-order valence-electron chi connectivity index (χ1n) is 6.09. The molecule has 0 aromatic carbocycles. The van der Waals surface area contributed by atoms with Gasteiger partial charge in [-0.1, -0.05) is 23.3 Å². The predicted molar refractivity (Wildman–Crippen MR) is 71.6 cm³/mol. The normalized spacial score (nSPS) is 14.9. The molecule has 17 heavy (non-hydrogen) atoms. The maximum absolute atomic E-state index is 5.91. The lowest BCUT2D eigenvalue weighted by atomic mass is 10.1. The van der Waals surface area contributed by atoms with Gasteiger partial charge in [-0.15, -0.1) is 10.2 Å². The van der Waals surface area contributed by atoms with Gasteiger partial charge in [-0.25, -0.2) is 0 Å². The van der Waals surface area contributed by atoms with E-state index < -0.39 is 0 Å². The first-order valence-corrected chi connectivity index (χ1v) is 6.47. The molecule has 0 unspecified atom stereocenters. The summed E-state index contributed by atoms with van der Waals surface area (Å²) < 4.78 is 0. The average molecular weight is 252 g/mol. The van der Waals surface area contributed by atoms with E-state index in [1.165, 1.54) is 19.3 Å². The quantitative estimate of drug-likeness (QED) is 0.830. The monoisotopic (exact) mass is 251 g/mol. The maximum Gasteiger partial charge on any atom is 0.155 e. The molecule has 0 radical (unpaired) electrons. The Balaban J connectivity index is 1.92. The molecule has 2 rings (SSSR count). The highest BCUT2D eigenvalue weighted by Crippen LogP contribution is 2.22. The summed E-state index contributed by atoms with van der Waals surface area (Å²) in [6.45, 7) is 4.91. The second-order valence-corrected chi connectivity index (χ2v) is 4.88. The van der Waals surface area contributed by atoms with Gasteiger partial charge in [0, 0.05) is 6.54 Å². The topological polar surface area (TPSA) is 37.8 Å². The van der Waals surface area contributed by atoms with Gasteiger partial charge < -0.3 is 5.32 Å². The van der Waals surface area contributed by atoms with E-state index in [9.17, 15) is 0 Å². The molecule has 1 aliphatic rings. The predicted octanol–water partition coefficient (Wildman–Crippen LogP) is 3.66. The summed E-state index contributed by atoms with van der Waals surface area (Å²) in [4.78, 5) is 0. The van der Waals surface area contributed by atoms with E-state index in [-0.39, 0.29) is 0 Å². The highest BCUT2D eigenvalue weighted by molar-refractivity contribution is 6.30. The number of allylic oxidation sites excluding steroid dienone is 1. The summed E-state index contributed by atoms with van der Waals surface area (Å²) in [6, 6.07) is 0. The highest BCUT2D eigenvalue weighted by atomic mass is 35.5. The molecule has 3 nitrogen and oxygen atoms in total. The minimum atomic E-state index is 0.492. The zero-order valence-corrected chi connectivity index (χ0v) is 11.1. The number of aromatic nitrogens is 2. The lowest BCUT2D eigenvalue weighted by Crippen LogP contribution is -2.08. The molecular formula is C13H18ClN3. The van der Waals surface area contributed by atoms with Crippen molar-refractivity contribution in [2.75, 3.05) is 11.9 Å². The number of anilines is 1. The van der Waals surface area contributed by atoms with Gasteiger partial charge in [0.05, 0.1) is 0 Å². The van der Waals surface area contributed by atoms with Crippen LogP contribution in [0.4, 0.5) is 5.82 Å². The van der Waals surface area contributed by atoms with Gasteiger partial charge in [0.25, 0.3) is 0 Å². The molecule has 1 aromatic heterocycles. The molecule has 0 atom stereocenters. The van der Waals surface area contributed by atoms with Crippen molar-refractivity contribution in [3.8, 4) is 0 Å². The van der Waals surface area contributed by atoms with Crippen molar-refractivity contribution in [1.29, 1.82) is 0 Å². The molecular weight excluding hydrogens is 234 g/mol. The van der Waals surface area contributed by atoms with Crippen molar-refractivity contribution >= 4 is 17.4 Å². The third-order valence-electron chi connectivity index (χ3n) is 3.34. The van der Waals surface area contributed by atoms with Gasteiger partial charge in [0.1, 0.15) is 0 Å². The number of nitrogens with zero attached hydrogens (tertiary/aromatic N) is 2. The van der Waals surface area contributed by atoms with E-state index in [0.717, 1.165) is 29.9 Å². The molecule has 0 bridgehead atoms. The van der Waals surface area contributed by atoms with Crippen molar-refractivity contribution in [2.24, 2.45) is 0 Å². The molecule has 0 spiro atoms. The van der Waals surface area contributed by atoms with Crippen LogP contribution < -0.4 is 5.32 Å². The van der Waals surface area contributed by atoms with E-state index in [4.69, 9.17) is 11.6 Å². The van der Waals surface area contributed by atoms with Gasteiger partial charge >= 0.3 is 0 Å². The number of hydrogen-bond acceptors (Lipinski definition) is 3. The molecule has 1 N–H and O–H groups in total. The average Bonchev–Trinajstić information content (AvgIpc) is 2.82. The van der Waals surface area contributed by atoms with E-state index in [0.29, 0.717) is 5.15 Å². The van der Waals surface area contributed by atoms with Crippen molar-refractivity contribution in [2.45, 2.75) is 39.5 Å². The van der Waals surface area contributed by atoms with Crippen LogP contribution in [-0.2, 0) is 0 Å². The SMILES string of the molecule is Cc1c(Cl)nnc(NCCC2=CCCC2)c1C. The van der Waals surface area contributed by atoms with Crippen LogP contribution in [0.5, 0.6) is 0 Å². The summed E-state index contributed by atoms with van der Waals surface area (Å²) in [6.07, 6.45) is 7.27. The fourth-order valence-electron chi connectivity index (χ4n) is 2.05.